The number of pyridine rings is 1. The summed E-state index contributed by atoms with van der Waals surface area (Å²) in [6.07, 6.45) is 1.23. The molecule has 0 aliphatic heterocycles. The van der Waals surface area contributed by atoms with Gasteiger partial charge >= 0.3 is 0 Å². The second-order valence-electron chi connectivity index (χ2n) is 4.61. The average Bonchev–Trinajstić information content (AvgIpc) is 2.42. The van der Waals surface area contributed by atoms with Crippen LogP contribution in [0.4, 0.5) is 10.2 Å². The number of halogens is 2. The van der Waals surface area contributed by atoms with Crippen LogP contribution in [0.15, 0.2) is 36.5 Å². The molecule has 0 atom stereocenters. The van der Waals surface area contributed by atoms with Crippen molar-refractivity contribution in [1.29, 1.82) is 0 Å². The highest BCUT2D eigenvalue weighted by Gasteiger charge is 2.11. The topological polar surface area (TPSA) is 28.2 Å². The van der Waals surface area contributed by atoms with Gasteiger partial charge < -0.3 is 10.2 Å². The summed E-state index contributed by atoms with van der Waals surface area (Å²) >= 11 is 6.16. The molecule has 0 unspecified atom stereocenters. The lowest BCUT2D eigenvalue weighted by molar-refractivity contribution is 0.615. The zero-order chi connectivity index (χ0) is 14.5. The van der Waals surface area contributed by atoms with Crippen LogP contribution in [-0.2, 0) is 13.1 Å². The summed E-state index contributed by atoms with van der Waals surface area (Å²) in [5.41, 5.74) is 1.83. The van der Waals surface area contributed by atoms with Crippen molar-refractivity contribution >= 4 is 17.4 Å². The number of nitrogens with one attached hydrogen (secondary N) is 1. The Hall–Kier alpha value is -1.65. The zero-order valence-corrected chi connectivity index (χ0v) is 12.3. The standard InChI is InChI=1S/C15H17ClFN3/c1-18-8-12-7-13(17)9-19-15(12)20(2)10-11-5-3-4-6-14(11)16/h3-7,9,18H,8,10H2,1-2H3. The van der Waals surface area contributed by atoms with Gasteiger partial charge in [0, 0.05) is 30.7 Å². The molecule has 1 N–H and O–H groups in total. The summed E-state index contributed by atoms with van der Waals surface area (Å²) < 4.78 is 13.3. The molecule has 5 heteroatoms. The molecule has 0 aliphatic carbocycles. The van der Waals surface area contributed by atoms with E-state index >= 15 is 0 Å². The molecular formula is C15H17ClFN3. The molecule has 2 rings (SSSR count). The van der Waals surface area contributed by atoms with E-state index in [1.54, 1.807) is 0 Å². The predicted octanol–water partition coefficient (Wildman–Crippen LogP) is 3.23. The first-order valence-corrected chi connectivity index (χ1v) is 6.73. The fourth-order valence-corrected chi connectivity index (χ4v) is 2.29. The normalized spacial score (nSPS) is 10.6. The van der Waals surface area contributed by atoms with Gasteiger partial charge in [-0.1, -0.05) is 29.8 Å². The van der Waals surface area contributed by atoms with Gasteiger partial charge in [0.25, 0.3) is 0 Å². The largest absolute Gasteiger partial charge is 0.355 e. The summed E-state index contributed by atoms with van der Waals surface area (Å²) in [5, 5.41) is 3.74. The lowest BCUT2D eigenvalue weighted by Crippen LogP contribution is -2.21. The molecule has 0 saturated heterocycles. The lowest BCUT2D eigenvalue weighted by atomic mass is 10.2. The van der Waals surface area contributed by atoms with Crippen molar-refractivity contribution in [3.05, 3.63) is 58.5 Å². The van der Waals surface area contributed by atoms with E-state index in [0.29, 0.717) is 13.1 Å². The smallest absolute Gasteiger partial charge is 0.141 e. The second-order valence-corrected chi connectivity index (χ2v) is 5.02. The van der Waals surface area contributed by atoms with Gasteiger partial charge in [-0.2, -0.15) is 0 Å². The molecule has 3 nitrogen and oxygen atoms in total. The van der Waals surface area contributed by atoms with Crippen LogP contribution in [-0.4, -0.2) is 19.1 Å². The van der Waals surface area contributed by atoms with Gasteiger partial charge in [0.15, 0.2) is 0 Å². The fourth-order valence-electron chi connectivity index (χ4n) is 2.10. The van der Waals surface area contributed by atoms with E-state index in [9.17, 15) is 4.39 Å². The number of hydrogen-bond donors (Lipinski definition) is 1. The molecule has 106 valence electrons. The van der Waals surface area contributed by atoms with Gasteiger partial charge in [-0.3, -0.25) is 0 Å². The van der Waals surface area contributed by atoms with Crippen LogP contribution in [0.2, 0.25) is 5.02 Å². The Bertz CT molecular complexity index is 589. The van der Waals surface area contributed by atoms with Crippen LogP contribution in [0, 0.1) is 5.82 Å². The molecule has 0 bridgehead atoms. The average molecular weight is 294 g/mol. The van der Waals surface area contributed by atoms with E-state index in [0.717, 1.165) is 22.0 Å². The molecular weight excluding hydrogens is 277 g/mol. The van der Waals surface area contributed by atoms with Gasteiger partial charge in [0.1, 0.15) is 11.6 Å². The zero-order valence-electron chi connectivity index (χ0n) is 11.5. The predicted molar refractivity (Wildman–Crippen MR) is 80.5 cm³/mol. The number of aromatic nitrogens is 1. The molecule has 1 heterocycles. The maximum absolute atomic E-state index is 13.3. The van der Waals surface area contributed by atoms with Crippen molar-refractivity contribution in [3.63, 3.8) is 0 Å². The maximum atomic E-state index is 13.3. The van der Waals surface area contributed by atoms with Crippen LogP contribution >= 0.6 is 11.6 Å². The van der Waals surface area contributed by atoms with Crippen LogP contribution < -0.4 is 10.2 Å². The summed E-state index contributed by atoms with van der Waals surface area (Å²) in [5.74, 6) is 0.422. The van der Waals surface area contributed by atoms with Gasteiger partial charge in [0.2, 0.25) is 0 Å². The number of hydrogen-bond acceptors (Lipinski definition) is 3. The first kappa shape index (κ1) is 14.8. The van der Waals surface area contributed by atoms with E-state index in [-0.39, 0.29) is 5.82 Å². The number of benzene rings is 1. The fraction of sp³-hybridized carbons (Fsp3) is 0.267. The molecule has 0 amide bonds. The molecule has 1 aromatic carbocycles. The molecule has 0 spiro atoms. The minimum atomic E-state index is -0.329. The minimum absolute atomic E-state index is 0.329. The minimum Gasteiger partial charge on any atom is -0.355 e. The monoisotopic (exact) mass is 293 g/mol. The molecule has 0 saturated carbocycles. The number of rotatable bonds is 5. The van der Waals surface area contributed by atoms with Crippen molar-refractivity contribution in [1.82, 2.24) is 10.3 Å². The number of anilines is 1. The van der Waals surface area contributed by atoms with E-state index in [2.05, 4.69) is 10.3 Å². The van der Waals surface area contributed by atoms with Crippen molar-refractivity contribution in [3.8, 4) is 0 Å². The van der Waals surface area contributed by atoms with Crippen LogP contribution in [0.5, 0.6) is 0 Å². The Balaban J connectivity index is 2.25. The highest BCUT2D eigenvalue weighted by Crippen LogP contribution is 2.22. The van der Waals surface area contributed by atoms with Gasteiger partial charge in [-0.25, -0.2) is 9.37 Å². The van der Waals surface area contributed by atoms with Crippen molar-refractivity contribution in [2.45, 2.75) is 13.1 Å². The van der Waals surface area contributed by atoms with E-state index in [1.165, 1.54) is 12.3 Å². The molecule has 0 fully saturated rings. The molecule has 20 heavy (non-hydrogen) atoms. The molecule has 0 radical (unpaired) electrons. The summed E-state index contributed by atoms with van der Waals surface area (Å²) in [4.78, 5) is 6.16. The molecule has 2 aromatic rings. The van der Waals surface area contributed by atoms with E-state index in [1.807, 2.05) is 43.3 Å². The third-order valence-electron chi connectivity index (χ3n) is 3.00. The quantitative estimate of drug-likeness (QED) is 0.917. The van der Waals surface area contributed by atoms with Crippen LogP contribution in [0.25, 0.3) is 0 Å². The lowest BCUT2D eigenvalue weighted by Gasteiger charge is -2.21. The van der Waals surface area contributed by atoms with Gasteiger partial charge in [-0.15, -0.1) is 0 Å². The third kappa shape index (κ3) is 3.46. The third-order valence-corrected chi connectivity index (χ3v) is 3.37. The first-order chi connectivity index (χ1) is 9.61. The first-order valence-electron chi connectivity index (χ1n) is 6.35. The maximum Gasteiger partial charge on any atom is 0.141 e. The molecule has 0 aliphatic rings. The van der Waals surface area contributed by atoms with Gasteiger partial charge in [0.05, 0.1) is 6.20 Å². The number of nitrogens with zero attached hydrogens (tertiary/aromatic N) is 2. The molecule has 1 aromatic heterocycles. The van der Waals surface area contributed by atoms with Crippen LogP contribution in [0.3, 0.4) is 0 Å². The Morgan fingerprint density at radius 2 is 2.05 bits per heavy atom. The SMILES string of the molecule is CNCc1cc(F)cnc1N(C)Cc1ccccc1Cl. The van der Waals surface area contributed by atoms with Crippen molar-refractivity contribution in [2.75, 3.05) is 19.0 Å². The van der Waals surface area contributed by atoms with E-state index in [4.69, 9.17) is 11.6 Å². The Morgan fingerprint density at radius 1 is 1.30 bits per heavy atom. The Labute approximate surface area is 123 Å². The Kier molecular flexibility index (Phi) is 4.93. The van der Waals surface area contributed by atoms with Crippen molar-refractivity contribution in [2.24, 2.45) is 0 Å². The summed E-state index contributed by atoms with van der Waals surface area (Å²) in [6.45, 7) is 1.18. The van der Waals surface area contributed by atoms with Crippen molar-refractivity contribution < 1.29 is 4.39 Å². The van der Waals surface area contributed by atoms with Crippen LogP contribution in [0.1, 0.15) is 11.1 Å². The summed E-state index contributed by atoms with van der Waals surface area (Å²) in [7, 11) is 3.74. The summed E-state index contributed by atoms with van der Waals surface area (Å²) in [6, 6.07) is 9.18. The second kappa shape index (κ2) is 6.68. The Morgan fingerprint density at radius 3 is 2.75 bits per heavy atom. The van der Waals surface area contributed by atoms with Gasteiger partial charge in [-0.05, 0) is 24.7 Å². The highest BCUT2D eigenvalue weighted by molar-refractivity contribution is 6.31. The van der Waals surface area contributed by atoms with E-state index < -0.39 is 0 Å². The highest BCUT2D eigenvalue weighted by atomic mass is 35.5.